The first-order valence-electron chi connectivity index (χ1n) is 8.57. The first kappa shape index (κ1) is 19.5. The second kappa shape index (κ2) is 8.51. The molecule has 1 fully saturated rings. The normalized spacial score (nSPS) is 18.3. The van der Waals surface area contributed by atoms with Gasteiger partial charge in [0, 0.05) is 38.4 Å². The molecule has 1 N–H and O–H groups in total. The molecule has 1 aromatic rings. The molecule has 0 radical (unpaired) electrons. The van der Waals surface area contributed by atoms with E-state index in [-0.39, 0.29) is 0 Å². The molecule has 2 rings (SSSR count). The van der Waals surface area contributed by atoms with Gasteiger partial charge in [-0.25, -0.2) is 4.99 Å². The predicted molar refractivity (Wildman–Crippen MR) is 92.5 cm³/mol. The standard InChI is InChI=1S/C17H26F3N5/c1-4-21-16(22-12-15-7-5-6-13(2)23-15)25-10-8-24(9-11-25)14(3)17(18,19)20/h5-7,14H,4,8-12H2,1-3H3,(H,21,22). The van der Waals surface area contributed by atoms with Gasteiger partial charge < -0.3 is 10.2 Å². The van der Waals surface area contributed by atoms with Gasteiger partial charge in [-0.05, 0) is 32.9 Å². The van der Waals surface area contributed by atoms with E-state index in [0.29, 0.717) is 39.3 Å². The van der Waals surface area contributed by atoms with Crippen molar-refractivity contribution in [3.05, 3.63) is 29.6 Å². The van der Waals surface area contributed by atoms with Crippen molar-refractivity contribution < 1.29 is 13.2 Å². The lowest BCUT2D eigenvalue weighted by atomic mass is 10.2. The second-order valence-corrected chi connectivity index (χ2v) is 6.18. The highest BCUT2D eigenvalue weighted by Crippen LogP contribution is 2.25. The van der Waals surface area contributed by atoms with E-state index in [2.05, 4.69) is 15.3 Å². The maximum absolute atomic E-state index is 12.9. The van der Waals surface area contributed by atoms with E-state index in [0.717, 1.165) is 17.3 Å². The molecule has 0 saturated carbocycles. The Bertz CT molecular complexity index is 580. The first-order valence-corrected chi connectivity index (χ1v) is 8.57. The van der Waals surface area contributed by atoms with Gasteiger partial charge in [0.25, 0.3) is 0 Å². The van der Waals surface area contributed by atoms with Gasteiger partial charge in [-0.1, -0.05) is 6.07 Å². The number of guanidine groups is 1. The van der Waals surface area contributed by atoms with Gasteiger partial charge in [0.1, 0.15) is 6.04 Å². The SMILES string of the molecule is CCNC(=NCc1cccc(C)n1)N1CCN(C(C)C(F)(F)F)CC1. The highest BCUT2D eigenvalue weighted by atomic mass is 19.4. The smallest absolute Gasteiger partial charge is 0.357 e. The van der Waals surface area contributed by atoms with Crippen LogP contribution in [0, 0.1) is 6.92 Å². The van der Waals surface area contributed by atoms with Crippen LogP contribution in [-0.4, -0.2) is 65.7 Å². The van der Waals surface area contributed by atoms with E-state index in [1.807, 2.05) is 36.9 Å². The highest BCUT2D eigenvalue weighted by molar-refractivity contribution is 5.80. The molecule has 0 aliphatic carbocycles. The van der Waals surface area contributed by atoms with Crippen LogP contribution in [0.2, 0.25) is 0 Å². The van der Waals surface area contributed by atoms with E-state index >= 15 is 0 Å². The summed E-state index contributed by atoms with van der Waals surface area (Å²) in [5.74, 6) is 0.727. The zero-order chi connectivity index (χ0) is 18.4. The van der Waals surface area contributed by atoms with Crippen molar-refractivity contribution in [1.29, 1.82) is 0 Å². The molecule has 140 valence electrons. The van der Waals surface area contributed by atoms with Crippen molar-refractivity contribution >= 4 is 5.96 Å². The number of rotatable bonds is 4. The van der Waals surface area contributed by atoms with Crippen molar-refractivity contribution in [1.82, 2.24) is 20.1 Å². The summed E-state index contributed by atoms with van der Waals surface area (Å²) < 4.78 is 38.6. The summed E-state index contributed by atoms with van der Waals surface area (Å²) in [4.78, 5) is 12.5. The van der Waals surface area contributed by atoms with Gasteiger partial charge in [0.05, 0.1) is 12.2 Å². The fourth-order valence-corrected chi connectivity index (χ4v) is 2.80. The lowest BCUT2D eigenvalue weighted by Crippen LogP contribution is -2.56. The fraction of sp³-hybridized carbons (Fsp3) is 0.647. The van der Waals surface area contributed by atoms with Crippen LogP contribution in [0.3, 0.4) is 0 Å². The zero-order valence-corrected chi connectivity index (χ0v) is 15.0. The van der Waals surface area contributed by atoms with E-state index in [4.69, 9.17) is 0 Å². The Balaban J connectivity index is 1.98. The average molecular weight is 357 g/mol. The van der Waals surface area contributed by atoms with Crippen LogP contribution in [0.15, 0.2) is 23.2 Å². The third-order valence-electron chi connectivity index (χ3n) is 4.31. The summed E-state index contributed by atoms with van der Waals surface area (Å²) in [7, 11) is 0. The molecule has 0 aromatic carbocycles. The van der Waals surface area contributed by atoms with Crippen LogP contribution in [0.25, 0.3) is 0 Å². The Kier molecular flexibility index (Phi) is 6.64. The Hall–Kier alpha value is -1.83. The van der Waals surface area contributed by atoms with Crippen LogP contribution >= 0.6 is 0 Å². The molecule has 1 aliphatic heterocycles. The largest absolute Gasteiger partial charge is 0.403 e. The van der Waals surface area contributed by atoms with Crippen LogP contribution in [0.5, 0.6) is 0 Å². The lowest BCUT2D eigenvalue weighted by molar-refractivity contribution is -0.181. The minimum atomic E-state index is -4.18. The molecule has 0 amide bonds. The molecule has 25 heavy (non-hydrogen) atoms. The Morgan fingerprint density at radius 1 is 1.28 bits per heavy atom. The van der Waals surface area contributed by atoms with Gasteiger partial charge in [0.15, 0.2) is 5.96 Å². The number of piperazine rings is 1. The Labute approximate surface area is 146 Å². The van der Waals surface area contributed by atoms with Crippen molar-refractivity contribution in [2.75, 3.05) is 32.7 Å². The molecule has 1 aliphatic rings. The molecule has 1 aromatic heterocycles. The molecule has 1 atom stereocenters. The Morgan fingerprint density at radius 2 is 1.96 bits per heavy atom. The summed E-state index contributed by atoms with van der Waals surface area (Å²) in [5.41, 5.74) is 1.81. The van der Waals surface area contributed by atoms with Crippen LogP contribution in [0.4, 0.5) is 13.2 Å². The number of halogens is 3. The van der Waals surface area contributed by atoms with Gasteiger partial charge in [0.2, 0.25) is 0 Å². The number of pyridine rings is 1. The highest BCUT2D eigenvalue weighted by Gasteiger charge is 2.41. The molecular weight excluding hydrogens is 331 g/mol. The van der Waals surface area contributed by atoms with Crippen molar-refractivity contribution in [3.8, 4) is 0 Å². The molecule has 1 unspecified atom stereocenters. The van der Waals surface area contributed by atoms with E-state index in [1.54, 1.807) is 0 Å². The average Bonchev–Trinajstić information content (AvgIpc) is 2.57. The number of aryl methyl sites for hydroxylation is 1. The molecule has 1 saturated heterocycles. The number of hydrogen-bond acceptors (Lipinski definition) is 3. The maximum atomic E-state index is 12.9. The monoisotopic (exact) mass is 357 g/mol. The number of alkyl halides is 3. The van der Waals surface area contributed by atoms with Crippen molar-refractivity contribution in [3.63, 3.8) is 0 Å². The Morgan fingerprint density at radius 3 is 2.52 bits per heavy atom. The van der Waals surface area contributed by atoms with E-state index < -0.39 is 12.2 Å². The number of aliphatic imine (C=N–C) groups is 1. The number of nitrogens with one attached hydrogen (secondary N) is 1. The number of hydrogen-bond donors (Lipinski definition) is 1. The molecule has 0 bridgehead atoms. The third kappa shape index (κ3) is 5.59. The summed E-state index contributed by atoms with van der Waals surface area (Å²) in [5, 5.41) is 3.22. The first-order chi connectivity index (χ1) is 11.8. The van der Waals surface area contributed by atoms with Gasteiger partial charge in [-0.3, -0.25) is 9.88 Å². The molecule has 2 heterocycles. The second-order valence-electron chi connectivity index (χ2n) is 6.18. The number of aromatic nitrogens is 1. The maximum Gasteiger partial charge on any atom is 0.403 e. The van der Waals surface area contributed by atoms with Crippen LogP contribution in [0.1, 0.15) is 25.2 Å². The topological polar surface area (TPSA) is 43.8 Å². The minimum Gasteiger partial charge on any atom is -0.357 e. The van der Waals surface area contributed by atoms with Crippen molar-refractivity contribution in [2.24, 2.45) is 4.99 Å². The number of nitrogens with zero attached hydrogens (tertiary/aromatic N) is 4. The van der Waals surface area contributed by atoms with Crippen LogP contribution < -0.4 is 5.32 Å². The van der Waals surface area contributed by atoms with Crippen molar-refractivity contribution in [2.45, 2.75) is 39.5 Å². The summed E-state index contributed by atoms with van der Waals surface area (Å²) >= 11 is 0. The summed E-state index contributed by atoms with van der Waals surface area (Å²) in [6.45, 7) is 8.06. The van der Waals surface area contributed by atoms with Gasteiger partial charge in [-0.15, -0.1) is 0 Å². The summed E-state index contributed by atoms with van der Waals surface area (Å²) in [6.07, 6.45) is -4.18. The third-order valence-corrected chi connectivity index (χ3v) is 4.31. The fourth-order valence-electron chi connectivity index (χ4n) is 2.80. The van der Waals surface area contributed by atoms with Crippen LogP contribution in [-0.2, 0) is 6.54 Å². The zero-order valence-electron chi connectivity index (χ0n) is 15.0. The minimum absolute atomic E-state index is 0.369. The molecule has 0 spiro atoms. The lowest BCUT2D eigenvalue weighted by Gasteiger charge is -2.39. The summed E-state index contributed by atoms with van der Waals surface area (Å²) in [6, 6.07) is 4.38. The van der Waals surface area contributed by atoms with E-state index in [9.17, 15) is 13.2 Å². The molecule has 5 nitrogen and oxygen atoms in total. The predicted octanol–water partition coefficient (Wildman–Crippen LogP) is 2.42. The molecule has 8 heteroatoms. The van der Waals surface area contributed by atoms with E-state index in [1.165, 1.54) is 11.8 Å². The van der Waals surface area contributed by atoms with Gasteiger partial charge >= 0.3 is 6.18 Å². The van der Waals surface area contributed by atoms with Gasteiger partial charge in [-0.2, -0.15) is 13.2 Å². The quantitative estimate of drug-likeness (QED) is 0.664. The molecular formula is C17H26F3N5.